The summed E-state index contributed by atoms with van der Waals surface area (Å²) in [6, 6.07) is 11.6. The fourth-order valence-corrected chi connectivity index (χ4v) is 2.63. The number of ether oxygens (including phenoxy) is 1. The molecule has 0 spiro atoms. The Kier molecular flexibility index (Phi) is 5.23. The van der Waals surface area contributed by atoms with E-state index >= 15 is 0 Å². The Morgan fingerprint density at radius 2 is 1.73 bits per heavy atom. The van der Waals surface area contributed by atoms with E-state index < -0.39 is 0 Å². The molecule has 26 heavy (non-hydrogen) atoms. The fourth-order valence-electron chi connectivity index (χ4n) is 2.48. The maximum Gasteiger partial charge on any atom is 0.143 e. The third kappa shape index (κ3) is 4.21. The summed E-state index contributed by atoms with van der Waals surface area (Å²) < 4.78 is 18.7. The summed E-state index contributed by atoms with van der Waals surface area (Å²) in [6.07, 6.45) is 0. The summed E-state index contributed by atoms with van der Waals surface area (Å²) in [7, 11) is 1.58. The standard InChI is InChI=1S/C19H18ClFN4O/c1-11-7-16(17(26-3)9-15(11)20)25-19-10-18(22-12(2)23-19)24-14-6-4-5-13(21)8-14/h4-10H,1-3H3,(H2,22,23,24,25). The molecule has 0 aliphatic carbocycles. The van der Waals surface area contributed by atoms with Crippen LogP contribution < -0.4 is 15.4 Å². The molecule has 0 bridgehead atoms. The van der Waals surface area contributed by atoms with E-state index in [0.717, 1.165) is 11.3 Å². The van der Waals surface area contributed by atoms with Crippen LogP contribution in [0.5, 0.6) is 5.75 Å². The molecule has 134 valence electrons. The van der Waals surface area contributed by atoms with Crippen molar-refractivity contribution < 1.29 is 9.13 Å². The second kappa shape index (κ2) is 7.58. The molecule has 5 nitrogen and oxygen atoms in total. The van der Waals surface area contributed by atoms with E-state index in [0.29, 0.717) is 33.9 Å². The minimum Gasteiger partial charge on any atom is -0.495 e. The molecule has 3 rings (SSSR count). The second-order valence-corrected chi connectivity index (χ2v) is 6.15. The molecule has 0 atom stereocenters. The van der Waals surface area contributed by atoms with Crippen molar-refractivity contribution in [3.8, 4) is 5.75 Å². The Labute approximate surface area is 156 Å². The highest BCUT2D eigenvalue weighted by molar-refractivity contribution is 6.31. The molecular formula is C19H18ClFN4O. The molecule has 1 heterocycles. The smallest absolute Gasteiger partial charge is 0.143 e. The minimum atomic E-state index is -0.319. The zero-order valence-corrected chi connectivity index (χ0v) is 15.4. The molecule has 7 heteroatoms. The zero-order chi connectivity index (χ0) is 18.7. The topological polar surface area (TPSA) is 59.1 Å². The number of nitrogens with one attached hydrogen (secondary N) is 2. The molecule has 0 radical (unpaired) electrons. The Morgan fingerprint density at radius 1 is 1.00 bits per heavy atom. The van der Waals surface area contributed by atoms with Crippen LogP contribution in [0.4, 0.5) is 27.4 Å². The zero-order valence-electron chi connectivity index (χ0n) is 14.6. The van der Waals surface area contributed by atoms with Crippen molar-refractivity contribution >= 4 is 34.6 Å². The van der Waals surface area contributed by atoms with Crippen LogP contribution in [-0.4, -0.2) is 17.1 Å². The Hall–Kier alpha value is -2.86. The number of rotatable bonds is 5. The van der Waals surface area contributed by atoms with E-state index in [4.69, 9.17) is 16.3 Å². The number of hydrogen-bond donors (Lipinski definition) is 2. The van der Waals surface area contributed by atoms with Gasteiger partial charge in [0.25, 0.3) is 0 Å². The van der Waals surface area contributed by atoms with Gasteiger partial charge in [0.2, 0.25) is 0 Å². The van der Waals surface area contributed by atoms with Gasteiger partial charge in [0.1, 0.15) is 29.0 Å². The lowest BCUT2D eigenvalue weighted by Crippen LogP contribution is -2.03. The van der Waals surface area contributed by atoms with Crippen LogP contribution in [-0.2, 0) is 0 Å². The normalized spacial score (nSPS) is 10.5. The van der Waals surface area contributed by atoms with Gasteiger partial charge in [-0.3, -0.25) is 0 Å². The summed E-state index contributed by atoms with van der Waals surface area (Å²) >= 11 is 6.15. The van der Waals surface area contributed by atoms with E-state index in [9.17, 15) is 4.39 Å². The van der Waals surface area contributed by atoms with Crippen LogP contribution in [0.3, 0.4) is 0 Å². The number of benzene rings is 2. The van der Waals surface area contributed by atoms with Gasteiger partial charge in [-0.1, -0.05) is 17.7 Å². The third-order valence-electron chi connectivity index (χ3n) is 3.68. The monoisotopic (exact) mass is 372 g/mol. The number of methoxy groups -OCH3 is 1. The molecule has 0 unspecified atom stereocenters. The van der Waals surface area contributed by atoms with Crippen LogP contribution in [0, 0.1) is 19.7 Å². The highest BCUT2D eigenvalue weighted by atomic mass is 35.5. The van der Waals surface area contributed by atoms with Gasteiger partial charge in [0.15, 0.2) is 0 Å². The molecule has 2 aromatic carbocycles. The number of aromatic nitrogens is 2. The van der Waals surface area contributed by atoms with Crippen LogP contribution in [0.15, 0.2) is 42.5 Å². The minimum absolute atomic E-state index is 0.319. The molecular weight excluding hydrogens is 355 g/mol. The highest BCUT2D eigenvalue weighted by Crippen LogP contribution is 2.33. The number of anilines is 4. The van der Waals surface area contributed by atoms with Gasteiger partial charge in [-0.05, 0) is 43.7 Å². The van der Waals surface area contributed by atoms with Crippen molar-refractivity contribution in [2.24, 2.45) is 0 Å². The summed E-state index contributed by atoms with van der Waals surface area (Å²) in [6.45, 7) is 3.70. The first-order valence-electron chi connectivity index (χ1n) is 7.94. The first kappa shape index (κ1) is 17.9. The van der Waals surface area contributed by atoms with Gasteiger partial charge in [-0.2, -0.15) is 0 Å². The summed E-state index contributed by atoms with van der Waals surface area (Å²) in [5, 5.41) is 6.92. The average molecular weight is 373 g/mol. The molecule has 0 aliphatic heterocycles. The first-order valence-corrected chi connectivity index (χ1v) is 8.32. The molecule has 2 N–H and O–H groups in total. The van der Waals surface area contributed by atoms with Crippen LogP contribution >= 0.6 is 11.6 Å². The van der Waals surface area contributed by atoms with Gasteiger partial charge in [0.05, 0.1) is 12.8 Å². The maximum atomic E-state index is 13.4. The van der Waals surface area contributed by atoms with Crippen molar-refractivity contribution in [1.29, 1.82) is 0 Å². The van der Waals surface area contributed by atoms with Gasteiger partial charge in [0, 0.05) is 22.8 Å². The number of nitrogens with zero attached hydrogens (tertiary/aromatic N) is 2. The first-order chi connectivity index (χ1) is 12.4. The van der Waals surface area contributed by atoms with Gasteiger partial charge in [-0.15, -0.1) is 0 Å². The lowest BCUT2D eigenvalue weighted by atomic mass is 10.2. The Balaban J connectivity index is 1.90. The molecule has 0 saturated carbocycles. The molecule has 3 aromatic rings. The molecule has 0 aliphatic rings. The van der Waals surface area contributed by atoms with Crippen molar-refractivity contribution in [2.45, 2.75) is 13.8 Å². The fraction of sp³-hybridized carbons (Fsp3) is 0.158. The van der Waals surface area contributed by atoms with Crippen molar-refractivity contribution in [2.75, 3.05) is 17.7 Å². The van der Waals surface area contributed by atoms with E-state index in [1.807, 2.05) is 13.0 Å². The SMILES string of the molecule is COc1cc(Cl)c(C)cc1Nc1cc(Nc2cccc(F)c2)nc(C)n1. The quantitative estimate of drug-likeness (QED) is 0.629. The Morgan fingerprint density at radius 3 is 2.42 bits per heavy atom. The lowest BCUT2D eigenvalue weighted by Gasteiger charge is -2.14. The average Bonchev–Trinajstić information content (AvgIpc) is 2.57. The summed E-state index contributed by atoms with van der Waals surface area (Å²) in [5.41, 5.74) is 2.26. The van der Waals surface area contributed by atoms with E-state index in [2.05, 4.69) is 20.6 Å². The van der Waals surface area contributed by atoms with Crippen molar-refractivity contribution in [1.82, 2.24) is 9.97 Å². The van der Waals surface area contributed by atoms with Crippen molar-refractivity contribution in [3.63, 3.8) is 0 Å². The van der Waals surface area contributed by atoms with Crippen LogP contribution in [0.1, 0.15) is 11.4 Å². The summed E-state index contributed by atoms with van der Waals surface area (Å²) in [5.74, 6) is 1.99. The highest BCUT2D eigenvalue weighted by Gasteiger charge is 2.10. The van der Waals surface area contributed by atoms with Crippen LogP contribution in [0.2, 0.25) is 5.02 Å². The van der Waals surface area contributed by atoms with Crippen molar-refractivity contribution in [3.05, 3.63) is 64.7 Å². The predicted octanol–water partition coefficient (Wildman–Crippen LogP) is 5.38. The molecule has 0 amide bonds. The third-order valence-corrected chi connectivity index (χ3v) is 4.09. The van der Waals surface area contributed by atoms with E-state index in [1.54, 1.807) is 38.3 Å². The summed E-state index contributed by atoms with van der Waals surface area (Å²) in [4.78, 5) is 8.73. The molecule has 0 saturated heterocycles. The van der Waals surface area contributed by atoms with E-state index in [-0.39, 0.29) is 5.82 Å². The number of aryl methyl sites for hydroxylation is 2. The number of hydrogen-bond acceptors (Lipinski definition) is 5. The van der Waals surface area contributed by atoms with E-state index in [1.165, 1.54) is 12.1 Å². The Bertz CT molecular complexity index is 949. The van der Waals surface area contributed by atoms with Gasteiger partial charge in [-0.25, -0.2) is 14.4 Å². The molecule has 0 fully saturated rings. The van der Waals surface area contributed by atoms with Gasteiger partial charge < -0.3 is 15.4 Å². The van der Waals surface area contributed by atoms with Gasteiger partial charge >= 0.3 is 0 Å². The second-order valence-electron chi connectivity index (χ2n) is 5.75. The van der Waals surface area contributed by atoms with Crippen LogP contribution in [0.25, 0.3) is 0 Å². The largest absolute Gasteiger partial charge is 0.495 e. The lowest BCUT2D eigenvalue weighted by molar-refractivity contribution is 0.416. The predicted molar refractivity (Wildman–Crippen MR) is 102 cm³/mol. The molecule has 1 aromatic heterocycles. The maximum absolute atomic E-state index is 13.4. The number of halogens is 2.